The van der Waals surface area contributed by atoms with Crippen LogP contribution in [-0.2, 0) is 56.1 Å². The zero-order chi connectivity index (χ0) is 31.0. The summed E-state index contributed by atoms with van der Waals surface area (Å²) < 4.78 is 49.5. The number of aryl methyl sites for hydroxylation is 1. The summed E-state index contributed by atoms with van der Waals surface area (Å²) in [4.78, 5) is 11.4. The SMILES string of the molecule is COc1ccc(C2OOC(C)(C)C(CCC(C)CCn3cc(COC4[C@H]5OCO[C@H]5CO[C@@]45COC(C)(C)O5)nn3)O2)cc1. The van der Waals surface area contributed by atoms with Gasteiger partial charge in [-0.05, 0) is 65.0 Å². The zero-order valence-electron chi connectivity index (χ0n) is 26.4. The van der Waals surface area contributed by atoms with Crippen molar-refractivity contribution in [2.24, 2.45) is 5.92 Å². The van der Waals surface area contributed by atoms with Crippen LogP contribution >= 0.6 is 0 Å². The highest BCUT2D eigenvalue weighted by Crippen LogP contribution is 2.43. The average molecular weight is 620 g/mol. The minimum absolute atomic E-state index is 0.123. The first-order valence-corrected chi connectivity index (χ1v) is 15.4. The van der Waals surface area contributed by atoms with E-state index in [2.05, 4.69) is 17.2 Å². The van der Waals surface area contributed by atoms with Gasteiger partial charge in [0, 0.05) is 12.1 Å². The van der Waals surface area contributed by atoms with E-state index in [0.29, 0.717) is 18.2 Å². The second-order valence-corrected chi connectivity index (χ2v) is 13.1. The molecule has 0 N–H and O–H groups in total. The van der Waals surface area contributed by atoms with Crippen molar-refractivity contribution >= 4 is 0 Å². The molecule has 4 saturated heterocycles. The van der Waals surface area contributed by atoms with Crippen molar-refractivity contribution in [3.05, 3.63) is 41.7 Å². The van der Waals surface area contributed by atoms with Crippen molar-refractivity contribution in [2.75, 3.05) is 27.1 Å². The van der Waals surface area contributed by atoms with Crippen LogP contribution < -0.4 is 4.74 Å². The van der Waals surface area contributed by atoms with Gasteiger partial charge in [0.15, 0.2) is 5.79 Å². The van der Waals surface area contributed by atoms with Crippen molar-refractivity contribution in [2.45, 2.75) is 115 Å². The van der Waals surface area contributed by atoms with E-state index in [-0.39, 0.29) is 38.3 Å². The van der Waals surface area contributed by atoms with Crippen LogP contribution in [0.25, 0.3) is 0 Å². The summed E-state index contributed by atoms with van der Waals surface area (Å²) in [6.45, 7) is 11.7. The summed E-state index contributed by atoms with van der Waals surface area (Å²) in [5.41, 5.74) is 1.03. The van der Waals surface area contributed by atoms with Gasteiger partial charge in [-0.3, -0.25) is 4.68 Å². The molecule has 4 aliphatic heterocycles. The summed E-state index contributed by atoms with van der Waals surface area (Å²) in [6, 6.07) is 7.62. The lowest BCUT2D eigenvalue weighted by atomic mass is 9.92. The first kappa shape index (κ1) is 31.8. The minimum atomic E-state index is -1.06. The normalized spacial score (nSPS) is 33.4. The van der Waals surface area contributed by atoms with Crippen LogP contribution in [0.15, 0.2) is 30.5 Å². The maximum Gasteiger partial charge on any atom is 0.224 e. The Labute approximate surface area is 258 Å². The highest BCUT2D eigenvalue weighted by molar-refractivity contribution is 5.28. The Bertz CT molecular complexity index is 1240. The molecule has 13 nitrogen and oxygen atoms in total. The van der Waals surface area contributed by atoms with Gasteiger partial charge < -0.3 is 37.9 Å². The van der Waals surface area contributed by atoms with Crippen LogP contribution in [0.4, 0.5) is 0 Å². The standard InChI is InChI=1S/C31H45N3O10/c1-20(7-12-25-29(2,3)44-42-28(41-25)21-8-10-23(35-6)11-9-21)13-14-34-15-22(32-33-34)16-36-27-26-24(37-19-38-26)17-39-31(27)18-40-30(4,5)43-31/h8-11,15,20,24-28H,7,12-14,16-19H2,1-6H3/t20?,24-,25?,26-,27?,28?,31+/m0/s1. The topological polar surface area (TPSA) is 123 Å². The number of ether oxygens (including phenoxy) is 8. The number of aromatic nitrogens is 3. The molecule has 1 spiro atoms. The lowest BCUT2D eigenvalue weighted by Gasteiger charge is -2.43. The van der Waals surface area contributed by atoms with E-state index in [0.717, 1.165) is 37.1 Å². The van der Waals surface area contributed by atoms with Gasteiger partial charge in [-0.15, -0.1) is 5.10 Å². The van der Waals surface area contributed by atoms with Gasteiger partial charge in [-0.25, -0.2) is 4.89 Å². The van der Waals surface area contributed by atoms with Gasteiger partial charge in [0.05, 0.1) is 32.6 Å². The summed E-state index contributed by atoms with van der Waals surface area (Å²) in [5.74, 6) is -0.642. The first-order chi connectivity index (χ1) is 21.1. The molecular weight excluding hydrogens is 574 g/mol. The summed E-state index contributed by atoms with van der Waals surface area (Å²) in [6.07, 6.45) is 2.86. The Balaban J connectivity index is 0.982. The third-order valence-electron chi connectivity index (χ3n) is 8.74. The fourth-order valence-electron chi connectivity index (χ4n) is 6.06. The van der Waals surface area contributed by atoms with Gasteiger partial charge in [0.1, 0.15) is 48.8 Å². The van der Waals surface area contributed by atoms with Crippen molar-refractivity contribution in [1.29, 1.82) is 0 Å². The second-order valence-electron chi connectivity index (χ2n) is 13.1. The van der Waals surface area contributed by atoms with E-state index < -0.39 is 29.6 Å². The summed E-state index contributed by atoms with van der Waals surface area (Å²) >= 11 is 0. The lowest BCUT2D eigenvalue weighted by Crippen LogP contribution is -2.62. The Morgan fingerprint density at radius 3 is 2.64 bits per heavy atom. The Morgan fingerprint density at radius 1 is 1.07 bits per heavy atom. The molecule has 1 aromatic carbocycles. The largest absolute Gasteiger partial charge is 0.497 e. The van der Waals surface area contributed by atoms with Crippen LogP contribution in [0.5, 0.6) is 5.75 Å². The highest BCUT2D eigenvalue weighted by atomic mass is 17.2. The van der Waals surface area contributed by atoms with Crippen molar-refractivity contribution in [1.82, 2.24) is 15.0 Å². The Hall–Kier alpha value is -2.20. The summed E-state index contributed by atoms with van der Waals surface area (Å²) in [7, 11) is 1.64. The molecule has 4 fully saturated rings. The average Bonchev–Trinajstić information content (AvgIpc) is 3.74. The number of benzene rings is 1. The molecule has 244 valence electrons. The molecule has 0 bridgehead atoms. The molecule has 6 rings (SSSR count). The van der Waals surface area contributed by atoms with Crippen LogP contribution in [0.1, 0.15) is 71.4 Å². The van der Waals surface area contributed by atoms with Gasteiger partial charge >= 0.3 is 0 Å². The van der Waals surface area contributed by atoms with Gasteiger partial charge in [0.25, 0.3) is 0 Å². The van der Waals surface area contributed by atoms with Gasteiger partial charge in [-0.1, -0.05) is 24.3 Å². The van der Waals surface area contributed by atoms with Crippen LogP contribution in [0, 0.1) is 5.92 Å². The third-order valence-corrected chi connectivity index (χ3v) is 8.74. The molecule has 0 aliphatic carbocycles. The molecule has 2 aromatic rings. The fourth-order valence-corrected chi connectivity index (χ4v) is 6.06. The quantitative estimate of drug-likeness (QED) is 0.337. The molecule has 0 radical (unpaired) electrons. The van der Waals surface area contributed by atoms with Crippen molar-refractivity contribution < 1.29 is 47.7 Å². The van der Waals surface area contributed by atoms with E-state index in [4.69, 9.17) is 47.7 Å². The minimum Gasteiger partial charge on any atom is -0.497 e. The predicted molar refractivity (Wildman–Crippen MR) is 153 cm³/mol. The first-order valence-electron chi connectivity index (χ1n) is 15.4. The van der Waals surface area contributed by atoms with Gasteiger partial charge in [0.2, 0.25) is 12.1 Å². The van der Waals surface area contributed by atoms with E-state index in [1.807, 2.05) is 62.8 Å². The van der Waals surface area contributed by atoms with Crippen LogP contribution in [-0.4, -0.2) is 83.7 Å². The van der Waals surface area contributed by atoms with Gasteiger partial charge in [-0.2, -0.15) is 4.89 Å². The van der Waals surface area contributed by atoms with E-state index in [1.165, 1.54) is 0 Å². The number of rotatable bonds is 11. The van der Waals surface area contributed by atoms with Crippen molar-refractivity contribution in [3.8, 4) is 5.75 Å². The van der Waals surface area contributed by atoms with E-state index >= 15 is 0 Å². The predicted octanol–water partition coefficient (Wildman–Crippen LogP) is 4.05. The summed E-state index contributed by atoms with van der Waals surface area (Å²) in [5, 5.41) is 8.67. The number of fused-ring (bicyclic) bond motifs is 1. The van der Waals surface area contributed by atoms with E-state index in [1.54, 1.807) is 7.11 Å². The maximum absolute atomic E-state index is 6.35. The number of hydrogen-bond donors (Lipinski definition) is 0. The maximum atomic E-state index is 6.35. The molecule has 4 aliphatic rings. The number of nitrogens with zero attached hydrogens (tertiary/aromatic N) is 3. The third kappa shape index (κ3) is 6.96. The molecule has 4 unspecified atom stereocenters. The smallest absolute Gasteiger partial charge is 0.224 e. The van der Waals surface area contributed by atoms with Crippen LogP contribution in [0.3, 0.4) is 0 Å². The molecule has 0 amide bonds. The zero-order valence-corrected chi connectivity index (χ0v) is 26.4. The molecule has 13 heteroatoms. The lowest BCUT2D eigenvalue weighted by molar-refractivity contribution is -0.487. The fraction of sp³-hybridized carbons (Fsp3) is 0.742. The van der Waals surface area contributed by atoms with E-state index in [9.17, 15) is 0 Å². The molecule has 7 atom stereocenters. The van der Waals surface area contributed by atoms with Crippen LogP contribution in [0.2, 0.25) is 0 Å². The number of methoxy groups -OCH3 is 1. The molecular formula is C31H45N3O10. The molecule has 0 saturated carbocycles. The second kappa shape index (κ2) is 12.9. The molecule has 44 heavy (non-hydrogen) atoms. The van der Waals surface area contributed by atoms with Crippen molar-refractivity contribution in [3.63, 3.8) is 0 Å². The highest BCUT2D eigenvalue weighted by Gasteiger charge is 2.61. The molecule has 1 aromatic heterocycles. The number of hydrogen-bond acceptors (Lipinski definition) is 12. The Morgan fingerprint density at radius 2 is 1.89 bits per heavy atom. The molecule has 5 heterocycles. The Kier molecular flexibility index (Phi) is 9.31. The monoisotopic (exact) mass is 619 g/mol.